The van der Waals surface area contributed by atoms with Crippen LogP contribution in [0.15, 0.2) is 42.6 Å². The highest BCUT2D eigenvalue weighted by Gasteiger charge is 2.14. The number of hydrogen-bond acceptors (Lipinski definition) is 4. The number of halogens is 1. The number of urea groups is 1. The number of carbonyl (C=O) groups is 1. The molecular weight excluding hydrogens is 352 g/mol. The second-order valence-corrected chi connectivity index (χ2v) is 6.60. The number of morpholine rings is 1. The zero-order valence-electron chi connectivity index (χ0n) is 14.7. The number of carbonyl (C=O) groups excluding carboxylic acids is 1. The molecular formula is C19H23ClN4O2. The SMILES string of the molecule is CC(NC(=O)NCc1ccnc(N2CCOCC2)c1)c1ccccc1Cl. The number of ether oxygens (including phenoxy) is 1. The zero-order chi connectivity index (χ0) is 18.4. The van der Waals surface area contributed by atoms with Crippen molar-refractivity contribution in [1.82, 2.24) is 15.6 Å². The number of hydrogen-bond donors (Lipinski definition) is 2. The summed E-state index contributed by atoms with van der Waals surface area (Å²) < 4.78 is 5.37. The van der Waals surface area contributed by atoms with Crippen LogP contribution in [0.4, 0.5) is 10.6 Å². The molecule has 2 N–H and O–H groups in total. The van der Waals surface area contributed by atoms with Crippen LogP contribution < -0.4 is 15.5 Å². The molecule has 0 saturated carbocycles. The lowest BCUT2D eigenvalue weighted by atomic mass is 10.1. The number of nitrogens with zero attached hydrogens (tertiary/aromatic N) is 2. The fourth-order valence-electron chi connectivity index (χ4n) is 2.87. The van der Waals surface area contributed by atoms with Crippen molar-refractivity contribution in [2.45, 2.75) is 19.5 Å². The second kappa shape index (κ2) is 8.87. The van der Waals surface area contributed by atoms with Gasteiger partial charge >= 0.3 is 6.03 Å². The molecule has 1 fully saturated rings. The largest absolute Gasteiger partial charge is 0.378 e. The van der Waals surface area contributed by atoms with Crippen LogP contribution in [-0.4, -0.2) is 37.3 Å². The van der Waals surface area contributed by atoms with Gasteiger partial charge in [0.15, 0.2) is 0 Å². The molecule has 0 radical (unpaired) electrons. The van der Waals surface area contributed by atoms with E-state index in [2.05, 4.69) is 20.5 Å². The lowest BCUT2D eigenvalue weighted by molar-refractivity contribution is 0.122. The van der Waals surface area contributed by atoms with Gasteiger partial charge in [-0.3, -0.25) is 0 Å². The van der Waals surface area contributed by atoms with Crippen LogP contribution in [0.3, 0.4) is 0 Å². The lowest BCUT2D eigenvalue weighted by Crippen LogP contribution is -2.37. The summed E-state index contributed by atoms with van der Waals surface area (Å²) in [6.45, 7) is 5.43. The first kappa shape index (κ1) is 18.5. The van der Waals surface area contributed by atoms with Crippen molar-refractivity contribution in [2.24, 2.45) is 0 Å². The molecule has 2 aromatic rings. The van der Waals surface area contributed by atoms with Crippen LogP contribution in [0.25, 0.3) is 0 Å². The Hall–Kier alpha value is -2.31. The van der Waals surface area contributed by atoms with Crippen molar-refractivity contribution in [3.05, 3.63) is 58.7 Å². The molecule has 0 bridgehead atoms. The highest BCUT2D eigenvalue weighted by Crippen LogP contribution is 2.22. The van der Waals surface area contributed by atoms with Crippen molar-refractivity contribution < 1.29 is 9.53 Å². The molecule has 1 aliphatic rings. The first-order chi connectivity index (χ1) is 12.6. The molecule has 1 unspecified atom stereocenters. The molecule has 1 aromatic carbocycles. The number of benzene rings is 1. The zero-order valence-corrected chi connectivity index (χ0v) is 15.5. The van der Waals surface area contributed by atoms with Crippen molar-refractivity contribution in [3.8, 4) is 0 Å². The molecule has 26 heavy (non-hydrogen) atoms. The van der Waals surface area contributed by atoms with Crippen molar-refractivity contribution >= 4 is 23.4 Å². The summed E-state index contributed by atoms with van der Waals surface area (Å²) in [5.74, 6) is 0.914. The average Bonchev–Trinajstić information content (AvgIpc) is 2.67. The van der Waals surface area contributed by atoms with Gasteiger partial charge in [-0.2, -0.15) is 0 Å². The Balaban J connectivity index is 1.53. The topological polar surface area (TPSA) is 66.5 Å². The van der Waals surface area contributed by atoms with Gasteiger partial charge in [0.25, 0.3) is 0 Å². The minimum absolute atomic E-state index is 0.176. The second-order valence-electron chi connectivity index (χ2n) is 6.19. The number of rotatable bonds is 5. The van der Waals surface area contributed by atoms with E-state index in [-0.39, 0.29) is 12.1 Å². The Morgan fingerprint density at radius 3 is 2.85 bits per heavy atom. The lowest BCUT2D eigenvalue weighted by Gasteiger charge is -2.28. The van der Waals surface area contributed by atoms with Crippen LogP contribution in [0.5, 0.6) is 0 Å². The molecule has 1 aromatic heterocycles. The molecule has 6 nitrogen and oxygen atoms in total. The third kappa shape index (κ3) is 4.86. The summed E-state index contributed by atoms with van der Waals surface area (Å²) >= 11 is 6.17. The van der Waals surface area contributed by atoms with E-state index in [1.807, 2.05) is 43.3 Å². The van der Waals surface area contributed by atoms with Crippen molar-refractivity contribution in [2.75, 3.05) is 31.2 Å². The van der Waals surface area contributed by atoms with Gasteiger partial charge in [-0.25, -0.2) is 9.78 Å². The van der Waals surface area contributed by atoms with Crippen LogP contribution in [-0.2, 0) is 11.3 Å². The first-order valence-corrected chi connectivity index (χ1v) is 9.07. The molecule has 2 heterocycles. The molecule has 3 rings (SSSR count). The molecule has 1 atom stereocenters. The summed E-state index contributed by atoms with van der Waals surface area (Å²) in [6, 6.07) is 11.0. The maximum atomic E-state index is 12.2. The Labute approximate surface area is 158 Å². The number of anilines is 1. The maximum absolute atomic E-state index is 12.2. The molecule has 1 saturated heterocycles. The third-order valence-electron chi connectivity index (χ3n) is 4.32. The molecule has 1 aliphatic heterocycles. The van der Waals surface area contributed by atoms with Crippen LogP contribution in [0, 0.1) is 0 Å². The van der Waals surface area contributed by atoms with E-state index in [1.165, 1.54) is 0 Å². The molecule has 0 spiro atoms. The van der Waals surface area contributed by atoms with Gasteiger partial charge in [0.05, 0.1) is 19.3 Å². The Morgan fingerprint density at radius 2 is 2.08 bits per heavy atom. The highest BCUT2D eigenvalue weighted by atomic mass is 35.5. The minimum atomic E-state index is -0.234. The van der Waals surface area contributed by atoms with Gasteiger partial charge in [-0.1, -0.05) is 29.8 Å². The monoisotopic (exact) mass is 374 g/mol. The van der Waals surface area contributed by atoms with Crippen molar-refractivity contribution in [3.63, 3.8) is 0 Å². The highest BCUT2D eigenvalue weighted by molar-refractivity contribution is 6.31. The number of pyridine rings is 1. The minimum Gasteiger partial charge on any atom is -0.378 e. The first-order valence-electron chi connectivity index (χ1n) is 8.70. The Kier molecular flexibility index (Phi) is 6.30. The van der Waals surface area contributed by atoms with E-state index >= 15 is 0 Å². The van der Waals surface area contributed by atoms with Gasteiger partial charge in [0.1, 0.15) is 5.82 Å². The summed E-state index contributed by atoms with van der Waals surface area (Å²) in [5, 5.41) is 6.44. The van der Waals surface area contributed by atoms with E-state index in [1.54, 1.807) is 6.20 Å². The smallest absolute Gasteiger partial charge is 0.315 e. The summed E-state index contributed by atoms with van der Waals surface area (Å²) in [5.41, 5.74) is 1.89. The van der Waals surface area contributed by atoms with Crippen LogP contribution in [0.2, 0.25) is 5.02 Å². The Bertz CT molecular complexity index is 750. The maximum Gasteiger partial charge on any atom is 0.315 e. The quantitative estimate of drug-likeness (QED) is 0.843. The Morgan fingerprint density at radius 1 is 1.31 bits per heavy atom. The fourth-order valence-corrected chi connectivity index (χ4v) is 3.17. The summed E-state index contributed by atoms with van der Waals surface area (Å²) in [4.78, 5) is 18.8. The van der Waals surface area contributed by atoms with Gasteiger partial charge in [-0.15, -0.1) is 0 Å². The number of aromatic nitrogens is 1. The van der Waals surface area contributed by atoms with Gasteiger partial charge in [0, 0.05) is 30.9 Å². The van der Waals surface area contributed by atoms with Gasteiger partial charge in [-0.05, 0) is 36.2 Å². The van der Waals surface area contributed by atoms with E-state index in [4.69, 9.17) is 16.3 Å². The molecule has 7 heteroatoms. The summed E-state index contributed by atoms with van der Waals surface area (Å²) in [7, 11) is 0. The van der Waals surface area contributed by atoms with E-state index < -0.39 is 0 Å². The van der Waals surface area contributed by atoms with Gasteiger partial charge in [0.2, 0.25) is 0 Å². The molecule has 138 valence electrons. The van der Waals surface area contributed by atoms with Gasteiger partial charge < -0.3 is 20.3 Å². The van der Waals surface area contributed by atoms with E-state index in [0.29, 0.717) is 24.8 Å². The van der Waals surface area contributed by atoms with Crippen LogP contribution >= 0.6 is 11.6 Å². The van der Waals surface area contributed by atoms with E-state index in [0.717, 1.165) is 30.0 Å². The number of nitrogens with one attached hydrogen (secondary N) is 2. The average molecular weight is 375 g/mol. The standard InChI is InChI=1S/C19H23ClN4O2/c1-14(16-4-2-3-5-17(16)20)23-19(25)22-13-15-6-7-21-18(12-15)24-8-10-26-11-9-24/h2-7,12,14H,8-11,13H2,1H3,(H2,22,23,25). The third-order valence-corrected chi connectivity index (χ3v) is 4.66. The predicted octanol–water partition coefficient (Wildman–Crippen LogP) is 3.13. The normalized spacial score (nSPS) is 15.4. The van der Waals surface area contributed by atoms with Crippen LogP contribution in [0.1, 0.15) is 24.1 Å². The van der Waals surface area contributed by atoms with Crippen molar-refractivity contribution in [1.29, 1.82) is 0 Å². The fraction of sp³-hybridized carbons (Fsp3) is 0.368. The predicted molar refractivity (Wildman–Crippen MR) is 103 cm³/mol. The number of amides is 2. The molecule has 0 aliphatic carbocycles. The summed E-state index contributed by atoms with van der Waals surface area (Å²) in [6.07, 6.45) is 1.77. The van der Waals surface area contributed by atoms with E-state index in [9.17, 15) is 4.79 Å². The molecule has 2 amide bonds.